The largest absolute Gasteiger partial charge is 0.356 e. The molecule has 1 fully saturated rings. The van der Waals surface area contributed by atoms with E-state index in [2.05, 4.69) is 25.2 Å². The number of aromatic nitrogens is 4. The molecule has 5 rings (SSSR count). The van der Waals surface area contributed by atoms with E-state index < -0.39 is 0 Å². The highest BCUT2D eigenvalue weighted by molar-refractivity contribution is 5.80. The Morgan fingerprint density at radius 3 is 2.79 bits per heavy atom. The fourth-order valence-electron chi connectivity index (χ4n) is 4.58. The summed E-state index contributed by atoms with van der Waals surface area (Å²) < 4.78 is 1.91. The lowest BCUT2D eigenvalue weighted by Gasteiger charge is -2.35. The molecule has 0 radical (unpaired) electrons. The maximum absolute atomic E-state index is 12.6. The molecule has 7 nitrogen and oxygen atoms in total. The number of aryl methyl sites for hydroxylation is 1. The SMILES string of the molecule is O=C(Cn1cnc2ccccc21)NC1CCN(c2ncnc3c2CCCC3)CC1. The van der Waals surface area contributed by atoms with Gasteiger partial charge >= 0.3 is 0 Å². The van der Waals surface area contributed by atoms with Gasteiger partial charge in [-0.2, -0.15) is 0 Å². The van der Waals surface area contributed by atoms with Crippen LogP contribution in [-0.4, -0.2) is 44.6 Å². The molecule has 0 unspecified atom stereocenters. The lowest BCUT2D eigenvalue weighted by molar-refractivity contribution is -0.122. The third kappa shape index (κ3) is 3.69. The summed E-state index contributed by atoms with van der Waals surface area (Å²) in [5, 5.41) is 3.21. The van der Waals surface area contributed by atoms with E-state index in [1.54, 1.807) is 12.7 Å². The van der Waals surface area contributed by atoms with Crippen molar-refractivity contribution in [1.82, 2.24) is 24.8 Å². The van der Waals surface area contributed by atoms with Crippen LogP contribution in [0.5, 0.6) is 0 Å². The smallest absolute Gasteiger partial charge is 0.240 e. The van der Waals surface area contributed by atoms with Gasteiger partial charge in [0, 0.05) is 30.4 Å². The summed E-state index contributed by atoms with van der Waals surface area (Å²) in [6, 6.07) is 8.11. The van der Waals surface area contributed by atoms with Gasteiger partial charge in [-0.1, -0.05) is 12.1 Å². The van der Waals surface area contributed by atoms with E-state index >= 15 is 0 Å². The van der Waals surface area contributed by atoms with Crippen molar-refractivity contribution in [2.24, 2.45) is 0 Å². The number of rotatable bonds is 4. The van der Waals surface area contributed by atoms with Gasteiger partial charge in [-0.25, -0.2) is 15.0 Å². The molecule has 3 aromatic rings. The van der Waals surface area contributed by atoms with Gasteiger partial charge in [-0.05, 0) is 50.7 Å². The van der Waals surface area contributed by atoms with Crippen molar-refractivity contribution in [1.29, 1.82) is 0 Å². The predicted octanol–water partition coefficient (Wildman–Crippen LogP) is 2.49. The zero-order chi connectivity index (χ0) is 19.6. The summed E-state index contributed by atoms with van der Waals surface area (Å²) in [6.07, 6.45) is 9.94. The molecule has 1 N–H and O–H groups in total. The van der Waals surface area contributed by atoms with Crippen molar-refractivity contribution >= 4 is 22.8 Å². The zero-order valence-corrected chi connectivity index (χ0v) is 16.5. The van der Waals surface area contributed by atoms with E-state index in [9.17, 15) is 4.79 Å². The van der Waals surface area contributed by atoms with Gasteiger partial charge < -0.3 is 14.8 Å². The number of nitrogens with one attached hydrogen (secondary N) is 1. The average Bonchev–Trinajstić information content (AvgIpc) is 3.17. The van der Waals surface area contributed by atoms with E-state index in [4.69, 9.17) is 0 Å². The number of fused-ring (bicyclic) bond motifs is 2. The first-order valence-corrected chi connectivity index (χ1v) is 10.5. The molecule has 1 aromatic carbocycles. The first kappa shape index (κ1) is 18.1. The monoisotopic (exact) mass is 390 g/mol. The average molecular weight is 390 g/mol. The van der Waals surface area contributed by atoms with Crippen molar-refractivity contribution in [3.63, 3.8) is 0 Å². The number of hydrogen-bond donors (Lipinski definition) is 1. The van der Waals surface area contributed by atoms with Crippen molar-refractivity contribution in [3.05, 3.63) is 48.2 Å². The molecule has 2 aliphatic rings. The number of nitrogens with zero attached hydrogens (tertiary/aromatic N) is 5. The standard InChI is InChI=1S/C22H26N6O/c29-21(13-28-15-25-19-7-3-4-8-20(19)28)26-16-9-11-27(12-10-16)22-17-5-1-2-6-18(17)23-14-24-22/h3-4,7-8,14-16H,1-2,5-6,9-13H2,(H,26,29). The third-order valence-electron chi connectivity index (χ3n) is 6.10. The van der Waals surface area contributed by atoms with Crippen molar-refractivity contribution in [2.45, 2.75) is 51.1 Å². The van der Waals surface area contributed by atoms with Gasteiger partial charge in [0.1, 0.15) is 18.7 Å². The van der Waals surface area contributed by atoms with Crippen molar-refractivity contribution in [2.75, 3.05) is 18.0 Å². The zero-order valence-electron chi connectivity index (χ0n) is 16.5. The van der Waals surface area contributed by atoms with Crippen LogP contribution in [0.2, 0.25) is 0 Å². The quantitative estimate of drug-likeness (QED) is 0.741. The van der Waals surface area contributed by atoms with E-state index in [1.807, 2.05) is 28.8 Å². The number of carbonyl (C=O) groups is 1. The highest BCUT2D eigenvalue weighted by atomic mass is 16.2. The van der Waals surface area contributed by atoms with Crippen LogP contribution in [0.1, 0.15) is 36.9 Å². The molecule has 0 saturated carbocycles. The number of imidazole rings is 1. The molecule has 0 bridgehead atoms. The Bertz CT molecular complexity index is 1020. The van der Waals surface area contributed by atoms with Gasteiger partial charge in [0.25, 0.3) is 0 Å². The van der Waals surface area contributed by atoms with E-state index in [1.165, 1.54) is 24.1 Å². The number of carbonyl (C=O) groups excluding carboxylic acids is 1. The molecular weight excluding hydrogens is 364 g/mol. The molecule has 0 atom stereocenters. The van der Waals surface area contributed by atoms with Crippen LogP contribution in [-0.2, 0) is 24.2 Å². The van der Waals surface area contributed by atoms with Crippen molar-refractivity contribution in [3.8, 4) is 0 Å². The molecule has 7 heteroatoms. The highest BCUT2D eigenvalue weighted by Crippen LogP contribution is 2.28. The molecular formula is C22H26N6O. The lowest BCUT2D eigenvalue weighted by atomic mass is 9.95. The molecule has 150 valence electrons. The number of anilines is 1. The fourth-order valence-corrected chi connectivity index (χ4v) is 4.58. The second-order valence-corrected chi connectivity index (χ2v) is 8.02. The minimum absolute atomic E-state index is 0.0472. The Hall–Kier alpha value is -2.96. The highest BCUT2D eigenvalue weighted by Gasteiger charge is 2.25. The number of para-hydroxylation sites is 2. The minimum Gasteiger partial charge on any atom is -0.356 e. The van der Waals surface area contributed by atoms with Crippen molar-refractivity contribution < 1.29 is 4.79 Å². The van der Waals surface area contributed by atoms with Gasteiger partial charge in [0.05, 0.1) is 17.4 Å². The molecule has 3 heterocycles. The molecule has 1 aliphatic heterocycles. The summed E-state index contributed by atoms with van der Waals surface area (Å²) >= 11 is 0. The van der Waals surface area contributed by atoms with Crippen LogP contribution in [0.3, 0.4) is 0 Å². The van der Waals surface area contributed by atoms with Crippen LogP contribution in [0.4, 0.5) is 5.82 Å². The minimum atomic E-state index is 0.0472. The molecule has 1 saturated heterocycles. The topological polar surface area (TPSA) is 75.9 Å². The second-order valence-electron chi connectivity index (χ2n) is 8.02. The molecule has 2 aromatic heterocycles. The molecule has 1 amide bonds. The number of piperidine rings is 1. The number of hydrogen-bond acceptors (Lipinski definition) is 5. The van der Waals surface area contributed by atoms with Crippen LogP contribution in [0.15, 0.2) is 36.9 Å². The number of amides is 1. The molecule has 29 heavy (non-hydrogen) atoms. The Morgan fingerprint density at radius 2 is 1.90 bits per heavy atom. The van der Waals surface area contributed by atoms with Crippen LogP contribution in [0.25, 0.3) is 11.0 Å². The fraction of sp³-hybridized carbons (Fsp3) is 0.455. The lowest BCUT2D eigenvalue weighted by Crippen LogP contribution is -2.46. The molecule has 0 spiro atoms. The Labute approximate surface area is 170 Å². The Morgan fingerprint density at radius 1 is 1.07 bits per heavy atom. The van der Waals surface area contributed by atoms with E-state index in [0.29, 0.717) is 6.54 Å². The van der Waals surface area contributed by atoms with Gasteiger partial charge in [-0.15, -0.1) is 0 Å². The maximum Gasteiger partial charge on any atom is 0.240 e. The van der Waals surface area contributed by atoms with E-state index in [-0.39, 0.29) is 11.9 Å². The Kier molecular flexibility index (Phi) is 4.87. The number of benzene rings is 1. The van der Waals surface area contributed by atoms with Crippen LogP contribution in [0, 0.1) is 0 Å². The maximum atomic E-state index is 12.6. The third-order valence-corrected chi connectivity index (χ3v) is 6.10. The summed E-state index contributed by atoms with van der Waals surface area (Å²) in [6.45, 7) is 2.14. The first-order chi connectivity index (χ1) is 14.3. The summed E-state index contributed by atoms with van der Waals surface area (Å²) in [5.41, 5.74) is 4.48. The Balaban J connectivity index is 1.19. The predicted molar refractivity (Wildman–Crippen MR) is 112 cm³/mol. The van der Waals surface area contributed by atoms with Gasteiger partial charge in [0.15, 0.2) is 0 Å². The van der Waals surface area contributed by atoms with Crippen LogP contribution >= 0.6 is 0 Å². The van der Waals surface area contributed by atoms with Gasteiger partial charge in [0.2, 0.25) is 5.91 Å². The van der Waals surface area contributed by atoms with Gasteiger partial charge in [-0.3, -0.25) is 4.79 Å². The summed E-state index contributed by atoms with van der Waals surface area (Å²) in [5.74, 6) is 1.16. The first-order valence-electron chi connectivity index (χ1n) is 10.5. The van der Waals surface area contributed by atoms with E-state index in [0.717, 1.165) is 55.6 Å². The summed E-state index contributed by atoms with van der Waals surface area (Å²) in [7, 11) is 0. The normalized spacial score (nSPS) is 17.3. The second kappa shape index (κ2) is 7.81. The molecule has 1 aliphatic carbocycles. The summed E-state index contributed by atoms with van der Waals surface area (Å²) in [4.78, 5) is 28.4. The van der Waals surface area contributed by atoms with Crippen LogP contribution < -0.4 is 10.2 Å².